The lowest BCUT2D eigenvalue weighted by Crippen LogP contribution is -2.51. The molecular weight excluding hydrogens is 302 g/mol. The fourth-order valence-electron chi connectivity index (χ4n) is 2.08. The van der Waals surface area contributed by atoms with E-state index < -0.39 is 20.0 Å². The number of rotatable bonds is 3. The topological polar surface area (TPSA) is 110 Å². The predicted octanol–water partition coefficient (Wildman–Crippen LogP) is -0.684. The summed E-state index contributed by atoms with van der Waals surface area (Å²) in [4.78, 5) is -0.264. The number of benzene rings is 1. The second-order valence-electron chi connectivity index (χ2n) is 4.74. The molecule has 20 heavy (non-hydrogen) atoms. The first-order valence-electron chi connectivity index (χ1n) is 6.07. The summed E-state index contributed by atoms with van der Waals surface area (Å²) in [6, 6.07) is 5.17. The van der Waals surface area contributed by atoms with Gasteiger partial charge in [0.25, 0.3) is 0 Å². The van der Waals surface area contributed by atoms with Crippen LogP contribution in [-0.2, 0) is 20.0 Å². The van der Waals surface area contributed by atoms with E-state index in [1.165, 1.54) is 22.5 Å². The molecule has 1 heterocycles. The highest BCUT2D eigenvalue weighted by molar-refractivity contribution is 7.90. The Bertz CT molecular complexity index is 700. The first kappa shape index (κ1) is 15.4. The summed E-state index contributed by atoms with van der Waals surface area (Å²) < 4.78 is 48.9. The summed E-state index contributed by atoms with van der Waals surface area (Å²) in [5.41, 5.74) is 0. The molecule has 1 fully saturated rings. The first-order chi connectivity index (χ1) is 9.21. The second-order valence-corrected chi connectivity index (χ2v) is 8.24. The molecule has 3 N–H and O–H groups in total. The van der Waals surface area contributed by atoms with Gasteiger partial charge in [0, 0.05) is 25.7 Å². The van der Waals surface area contributed by atoms with Crippen LogP contribution in [0.25, 0.3) is 0 Å². The minimum atomic E-state index is -3.92. The van der Waals surface area contributed by atoms with Crippen molar-refractivity contribution in [2.75, 3.05) is 19.6 Å². The van der Waals surface area contributed by atoms with Gasteiger partial charge in [0.2, 0.25) is 20.0 Å². The Kier molecular flexibility index (Phi) is 4.17. The zero-order valence-electron chi connectivity index (χ0n) is 11.0. The van der Waals surface area contributed by atoms with Crippen LogP contribution in [0.3, 0.4) is 0 Å². The van der Waals surface area contributed by atoms with Gasteiger partial charge in [-0.05, 0) is 25.1 Å². The summed E-state index contributed by atoms with van der Waals surface area (Å²) in [5, 5.41) is 8.17. The maximum Gasteiger partial charge on any atom is 0.243 e. The number of nitrogens with one attached hydrogen (secondary N) is 1. The number of hydrogen-bond donors (Lipinski definition) is 2. The van der Waals surface area contributed by atoms with Crippen molar-refractivity contribution in [2.45, 2.75) is 22.8 Å². The highest BCUT2D eigenvalue weighted by atomic mass is 32.2. The third-order valence-corrected chi connectivity index (χ3v) is 5.88. The van der Waals surface area contributed by atoms with Crippen LogP contribution in [0.2, 0.25) is 0 Å². The van der Waals surface area contributed by atoms with E-state index in [2.05, 4.69) is 5.32 Å². The standard InChI is InChI=1S/C11H17N3O4S2/c1-9-8-14(6-5-13-9)20(17,18)11-4-2-3-10(7-11)19(12,15)16/h2-4,7,9,13H,5-6,8H2,1H3,(H2,12,15,16)/t9-/m1/s1. The zero-order chi connectivity index (χ0) is 15.0. The van der Waals surface area contributed by atoms with Gasteiger partial charge in [0.05, 0.1) is 9.79 Å². The van der Waals surface area contributed by atoms with Crippen molar-refractivity contribution in [3.05, 3.63) is 24.3 Å². The molecule has 1 aliphatic heterocycles. The molecule has 9 heteroatoms. The number of nitrogens with zero attached hydrogens (tertiary/aromatic N) is 1. The van der Waals surface area contributed by atoms with Crippen molar-refractivity contribution < 1.29 is 16.8 Å². The Morgan fingerprint density at radius 3 is 2.50 bits per heavy atom. The largest absolute Gasteiger partial charge is 0.312 e. The lowest BCUT2D eigenvalue weighted by molar-refractivity contribution is 0.310. The zero-order valence-corrected chi connectivity index (χ0v) is 12.6. The third-order valence-electron chi connectivity index (χ3n) is 3.10. The van der Waals surface area contributed by atoms with Gasteiger partial charge >= 0.3 is 0 Å². The fraction of sp³-hybridized carbons (Fsp3) is 0.455. The second kappa shape index (κ2) is 5.41. The molecule has 0 unspecified atom stereocenters. The van der Waals surface area contributed by atoms with E-state index in [0.717, 1.165) is 6.07 Å². The van der Waals surface area contributed by atoms with Gasteiger partial charge < -0.3 is 5.32 Å². The van der Waals surface area contributed by atoms with Crippen molar-refractivity contribution >= 4 is 20.0 Å². The molecule has 7 nitrogen and oxygen atoms in total. The van der Waals surface area contributed by atoms with Gasteiger partial charge in [-0.3, -0.25) is 0 Å². The number of primary sulfonamides is 1. The first-order valence-corrected chi connectivity index (χ1v) is 9.06. The van der Waals surface area contributed by atoms with Crippen LogP contribution < -0.4 is 10.5 Å². The number of piperazine rings is 1. The highest BCUT2D eigenvalue weighted by Gasteiger charge is 2.29. The molecule has 0 saturated carbocycles. The normalized spacial score (nSPS) is 21.8. The molecule has 2 rings (SSSR count). The van der Waals surface area contributed by atoms with Crippen LogP contribution in [-0.4, -0.2) is 46.8 Å². The molecule has 1 aromatic carbocycles. The predicted molar refractivity (Wildman–Crippen MR) is 74.0 cm³/mol. The van der Waals surface area contributed by atoms with Crippen molar-refractivity contribution in [3.63, 3.8) is 0 Å². The maximum absolute atomic E-state index is 12.5. The highest BCUT2D eigenvalue weighted by Crippen LogP contribution is 2.20. The number of hydrogen-bond acceptors (Lipinski definition) is 5. The molecule has 0 aromatic heterocycles. The van der Waals surface area contributed by atoms with Gasteiger partial charge in [-0.2, -0.15) is 4.31 Å². The molecule has 112 valence electrons. The molecule has 1 aromatic rings. The van der Waals surface area contributed by atoms with Crippen molar-refractivity contribution in [1.82, 2.24) is 9.62 Å². The maximum atomic E-state index is 12.5. The van der Waals surface area contributed by atoms with Gasteiger partial charge in [0.1, 0.15) is 0 Å². The van der Waals surface area contributed by atoms with E-state index in [9.17, 15) is 16.8 Å². The van der Waals surface area contributed by atoms with Crippen molar-refractivity contribution in [3.8, 4) is 0 Å². The van der Waals surface area contributed by atoms with Crippen LogP contribution in [0.15, 0.2) is 34.1 Å². The van der Waals surface area contributed by atoms with Crippen LogP contribution in [0, 0.1) is 0 Å². The van der Waals surface area contributed by atoms with Gasteiger partial charge in [-0.15, -0.1) is 0 Å². The van der Waals surface area contributed by atoms with Crippen LogP contribution in [0.5, 0.6) is 0 Å². The molecule has 1 aliphatic rings. The van der Waals surface area contributed by atoms with E-state index in [-0.39, 0.29) is 15.8 Å². The average molecular weight is 319 g/mol. The summed E-state index contributed by atoms with van der Waals surface area (Å²) in [6.45, 7) is 3.16. The van der Waals surface area contributed by atoms with E-state index >= 15 is 0 Å². The van der Waals surface area contributed by atoms with Crippen LogP contribution in [0.4, 0.5) is 0 Å². The molecule has 1 atom stereocenters. The smallest absolute Gasteiger partial charge is 0.243 e. The molecule has 1 saturated heterocycles. The van der Waals surface area contributed by atoms with E-state index in [1.54, 1.807) is 0 Å². The Hall–Kier alpha value is -1.00. The lowest BCUT2D eigenvalue weighted by atomic mass is 10.3. The molecular formula is C11H17N3O4S2. The van der Waals surface area contributed by atoms with Gasteiger partial charge in [-0.1, -0.05) is 6.07 Å². The summed E-state index contributed by atoms with van der Waals surface area (Å²) >= 11 is 0. The minimum absolute atomic E-state index is 0.0555. The Labute approximate surface area is 118 Å². The lowest BCUT2D eigenvalue weighted by Gasteiger charge is -2.31. The Balaban J connectivity index is 2.39. The molecule has 0 spiro atoms. The summed E-state index contributed by atoms with van der Waals surface area (Å²) in [5.74, 6) is 0. The Morgan fingerprint density at radius 1 is 1.25 bits per heavy atom. The van der Waals surface area contributed by atoms with Gasteiger partial charge in [-0.25, -0.2) is 22.0 Å². The monoisotopic (exact) mass is 319 g/mol. The van der Waals surface area contributed by atoms with Crippen LogP contribution >= 0.6 is 0 Å². The third kappa shape index (κ3) is 3.18. The molecule has 0 bridgehead atoms. The van der Waals surface area contributed by atoms with Gasteiger partial charge in [0.15, 0.2) is 0 Å². The SMILES string of the molecule is C[C@@H]1CN(S(=O)(=O)c2cccc(S(N)(=O)=O)c2)CCN1. The van der Waals surface area contributed by atoms with Crippen molar-refractivity contribution in [2.24, 2.45) is 5.14 Å². The molecule has 0 aliphatic carbocycles. The van der Waals surface area contributed by atoms with E-state index in [0.29, 0.717) is 19.6 Å². The average Bonchev–Trinajstić information content (AvgIpc) is 2.38. The number of nitrogens with two attached hydrogens (primary N) is 1. The fourth-order valence-corrected chi connectivity index (χ4v) is 4.29. The molecule has 0 radical (unpaired) electrons. The van der Waals surface area contributed by atoms with E-state index in [1.807, 2.05) is 6.92 Å². The van der Waals surface area contributed by atoms with E-state index in [4.69, 9.17) is 5.14 Å². The minimum Gasteiger partial charge on any atom is -0.312 e. The summed E-state index contributed by atoms with van der Waals surface area (Å²) in [6.07, 6.45) is 0. The quantitative estimate of drug-likeness (QED) is 0.767. The Morgan fingerprint density at radius 2 is 1.90 bits per heavy atom. The summed E-state index contributed by atoms with van der Waals surface area (Å²) in [7, 11) is -7.63. The molecule has 0 amide bonds. The van der Waals surface area contributed by atoms with Crippen molar-refractivity contribution in [1.29, 1.82) is 0 Å². The van der Waals surface area contributed by atoms with Crippen LogP contribution in [0.1, 0.15) is 6.92 Å². The number of sulfonamides is 2.